The average molecular weight is 191 g/mol. The lowest BCUT2D eigenvalue weighted by Crippen LogP contribution is -2.38. The fourth-order valence-corrected chi connectivity index (χ4v) is 2.99. The Morgan fingerprint density at radius 3 is 2.50 bits per heavy atom. The number of hydrogen-bond donors (Lipinski definition) is 0. The normalized spacial score (nSPS) is 49.2. The van der Waals surface area contributed by atoms with Gasteiger partial charge in [0.25, 0.3) is 0 Å². The molecule has 0 amide bonds. The summed E-state index contributed by atoms with van der Waals surface area (Å²) in [6.45, 7) is 2.09. The number of rotatable bonds is 1. The molecule has 0 radical (unpaired) electrons. The van der Waals surface area contributed by atoms with Crippen LogP contribution in [0.25, 0.3) is 0 Å². The van der Waals surface area contributed by atoms with E-state index < -0.39 is 6.17 Å². The van der Waals surface area contributed by atoms with Gasteiger partial charge in [0.05, 0.1) is 0 Å². The third kappa shape index (κ3) is 1.37. The molecule has 0 heterocycles. The minimum absolute atomic E-state index is 0.0787. The Morgan fingerprint density at radius 1 is 1.25 bits per heavy atom. The molecule has 3 unspecified atom stereocenters. The van der Waals surface area contributed by atoms with E-state index in [-0.39, 0.29) is 10.8 Å². The van der Waals surface area contributed by atoms with Crippen LogP contribution in [-0.2, 0) is 0 Å². The fourth-order valence-electron chi connectivity index (χ4n) is 2.53. The van der Waals surface area contributed by atoms with E-state index in [4.69, 9.17) is 11.6 Å². The predicted molar refractivity (Wildman–Crippen MR) is 49.2 cm³/mol. The monoisotopic (exact) mass is 190 g/mol. The quantitative estimate of drug-likeness (QED) is 0.555. The van der Waals surface area contributed by atoms with Crippen LogP contribution in [0.2, 0.25) is 0 Å². The zero-order valence-corrected chi connectivity index (χ0v) is 8.28. The molecule has 0 nitrogen and oxygen atoms in total. The molecule has 2 saturated carbocycles. The molecule has 12 heavy (non-hydrogen) atoms. The molecule has 2 aliphatic rings. The maximum Gasteiger partial charge on any atom is 0.106 e. The Bertz CT molecular complexity index is 179. The van der Waals surface area contributed by atoms with E-state index in [1.807, 2.05) is 0 Å². The zero-order chi connectivity index (χ0) is 8.77. The summed E-state index contributed by atoms with van der Waals surface area (Å²) in [6, 6.07) is 0. The van der Waals surface area contributed by atoms with Gasteiger partial charge in [-0.05, 0) is 38.0 Å². The van der Waals surface area contributed by atoms with Crippen LogP contribution in [0.15, 0.2) is 0 Å². The van der Waals surface area contributed by atoms with E-state index >= 15 is 0 Å². The second kappa shape index (κ2) is 2.87. The zero-order valence-electron chi connectivity index (χ0n) is 7.52. The number of halogens is 2. The van der Waals surface area contributed by atoms with Crippen LogP contribution in [0, 0.1) is 11.3 Å². The highest BCUT2D eigenvalue weighted by molar-refractivity contribution is 6.20. The van der Waals surface area contributed by atoms with Crippen molar-refractivity contribution in [1.29, 1.82) is 0 Å². The van der Waals surface area contributed by atoms with Crippen molar-refractivity contribution in [1.82, 2.24) is 0 Å². The Hall–Kier alpha value is 0.220. The van der Waals surface area contributed by atoms with Crippen molar-refractivity contribution >= 4 is 11.6 Å². The van der Waals surface area contributed by atoms with Gasteiger partial charge in [0.1, 0.15) is 6.17 Å². The summed E-state index contributed by atoms with van der Waals surface area (Å²) in [7, 11) is 0. The summed E-state index contributed by atoms with van der Waals surface area (Å²) in [5, 5.41) is 0.225. The molecule has 0 aromatic heterocycles. The van der Waals surface area contributed by atoms with Crippen LogP contribution in [-0.4, -0.2) is 11.5 Å². The summed E-state index contributed by atoms with van der Waals surface area (Å²) in [5.41, 5.74) is -0.0787. The van der Waals surface area contributed by atoms with Gasteiger partial charge in [0, 0.05) is 10.8 Å². The molecule has 2 aliphatic carbocycles. The Labute approximate surface area is 78.5 Å². The van der Waals surface area contributed by atoms with E-state index in [1.54, 1.807) is 0 Å². The van der Waals surface area contributed by atoms with Gasteiger partial charge < -0.3 is 0 Å². The first-order chi connectivity index (χ1) is 5.63. The SMILES string of the molecule is CC1(C2CC2)CC(Cl)CCC1F. The van der Waals surface area contributed by atoms with Gasteiger partial charge in [0.15, 0.2) is 0 Å². The second-order valence-corrected chi connectivity index (χ2v) is 5.24. The minimum atomic E-state index is -0.597. The highest BCUT2D eigenvalue weighted by Crippen LogP contribution is 2.55. The first-order valence-corrected chi connectivity index (χ1v) is 5.35. The molecule has 2 heteroatoms. The lowest BCUT2D eigenvalue weighted by Gasteiger charge is -2.39. The maximum absolute atomic E-state index is 13.6. The van der Waals surface area contributed by atoms with Gasteiger partial charge >= 0.3 is 0 Å². The van der Waals surface area contributed by atoms with Crippen molar-refractivity contribution in [2.75, 3.05) is 0 Å². The van der Waals surface area contributed by atoms with Crippen LogP contribution in [0.1, 0.15) is 39.0 Å². The fraction of sp³-hybridized carbons (Fsp3) is 1.00. The molecule has 0 N–H and O–H groups in total. The minimum Gasteiger partial charge on any atom is -0.247 e. The molecule has 0 aliphatic heterocycles. The summed E-state index contributed by atoms with van der Waals surface area (Å²) in [6.07, 6.45) is 4.29. The third-order valence-corrected chi connectivity index (χ3v) is 3.99. The molecular weight excluding hydrogens is 175 g/mol. The highest BCUT2D eigenvalue weighted by Gasteiger charge is 2.49. The van der Waals surface area contributed by atoms with Gasteiger partial charge in [-0.2, -0.15) is 0 Å². The second-order valence-electron chi connectivity index (χ2n) is 4.63. The van der Waals surface area contributed by atoms with E-state index in [2.05, 4.69) is 6.92 Å². The first-order valence-electron chi connectivity index (χ1n) is 4.91. The Balaban J connectivity index is 2.08. The van der Waals surface area contributed by atoms with Gasteiger partial charge in [0.2, 0.25) is 0 Å². The lowest BCUT2D eigenvalue weighted by atomic mass is 9.70. The van der Waals surface area contributed by atoms with Crippen molar-refractivity contribution in [3.63, 3.8) is 0 Å². The molecule has 0 bridgehead atoms. The number of alkyl halides is 2. The standard InChI is InChI=1S/C10H16ClF/c1-10(7-2-3-7)6-8(11)4-5-9(10)12/h7-9H,2-6H2,1H3. The maximum atomic E-state index is 13.6. The Kier molecular flexibility index (Phi) is 2.10. The number of hydrogen-bond acceptors (Lipinski definition) is 0. The van der Waals surface area contributed by atoms with E-state index in [0.29, 0.717) is 12.3 Å². The van der Waals surface area contributed by atoms with Gasteiger partial charge in [-0.1, -0.05) is 6.92 Å². The van der Waals surface area contributed by atoms with Crippen molar-refractivity contribution in [3.8, 4) is 0 Å². The molecule has 70 valence electrons. The molecule has 0 saturated heterocycles. The van der Waals surface area contributed by atoms with Crippen LogP contribution >= 0.6 is 11.6 Å². The molecule has 2 fully saturated rings. The van der Waals surface area contributed by atoms with Crippen molar-refractivity contribution < 1.29 is 4.39 Å². The van der Waals surface area contributed by atoms with Crippen LogP contribution < -0.4 is 0 Å². The molecule has 0 spiro atoms. The predicted octanol–water partition coefficient (Wildman–Crippen LogP) is 3.53. The summed E-state index contributed by atoms with van der Waals surface area (Å²) in [4.78, 5) is 0. The van der Waals surface area contributed by atoms with E-state index in [0.717, 1.165) is 12.8 Å². The van der Waals surface area contributed by atoms with Crippen molar-refractivity contribution in [2.45, 2.75) is 50.6 Å². The summed E-state index contributed by atoms with van der Waals surface area (Å²) in [5.74, 6) is 0.633. The lowest BCUT2D eigenvalue weighted by molar-refractivity contribution is 0.0532. The molecule has 0 aromatic rings. The smallest absolute Gasteiger partial charge is 0.106 e. The van der Waals surface area contributed by atoms with Crippen molar-refractivity contribution in [2.24, 2.45) is 11.3 Å². The van der Waals surface area contributed by atoms with Crippen molar-refractivity contribution in [3.05, 3.63) is 0 Å². The highest BCUT2D eigenvalue weighted by atomic mass is 35.5. The average Bonchev–Trinajstić information content (AvgIpc) is 2.79. The third-order valence-electron chi connectivity index (χ3n) is 3.62. The topological polar surface area (TPSA) is 0 Å². The van der Waals surface area contributed by atoms with Gasteiger partial charge in [-0.3, -0.25) is 0 Å². The molecule has 2 rings (SSSR count). The van der Waals surface area contributed by atoms with E-state index in [9.17, 15) is 4.39 Å². The first kappa shape index (κ1) is 8.80. The van der Waals surface area contributed by atoms with Gasteiger partial charge in [-0.15, -0.1) is 11.6 Å². The molecule has 0 aromatic carbocycles. The summed E-state index contributed by atoms with van der Waals surface area (Å²) >= 11 is 6.07. The molecule has 3 atom stereocenters. The van der Waals surface area contributed by atoms with Gasteiger partial charge in [-0.25, -0.2) is 4.39 Å². The largest absolute Gasteiger partial charge is 0.247 e. The van der Waals surface area contributed by atoms with E-state index in [1.165, 1.54) is 12.8 Å². The Morgan fingerprint density at radius 2 is 1.92 bits per heavy atom. The molecular formula is C10H16ClF. The van der Waals surface area contributed by atoms with Crippen LogP contribution in [0.5, 0.6) is 0 Å². The van der Waals surface area contributed by atoms with Crippen LogP contribution in [0.3, 0.4) is 0 Å². The summed E-state index contributed by atoms with van der Waals surface area (Å²) < 4.78 is 13.6. The van der Waals surface area contributed by atoms with Crippen LogP contribution in [0.4, 0.5) is 4.39 Å².